The van der Waals surface area contributed by atoms with Gasteiger partial charge in [-0.2, -0.15) is 4.68 Å². The fraction of sp³-hybridized carbons (Fsp3) is 0.500. The highest BCUT2D eigenvalue weighted by Gasteiger charge is 2.35. The number of fused-ring (bicyclic) bond motifs is 1. The Labute approximate surface area is 122 Å². The van der Waals surface area contributed by atoms with Crippen LogP contribution in [0.15, 0.2) is 18.2 Å². The fourth-order valence-electron chi connectivity index (χ4n) is 3.09. The molecular weight excluding hydrogens is 270 g/mol. The standard InChI is InChI=1S/C14H17N5O2/c15-14(6-2-1-3-7-14)13-16-17-18-19(13)10-4-5-11-12(8-10)21-9-20-11/h4-5,8H,1-3,6-7,9,15H2. The molecule has 1 fully saturated rings. The minimum Gasteiger partial charge on any atom is -0.454 e. The third kappa shape index (κ3) is 2.04. The van der Waals surface area contributed by atoms with E-state index in [0.717, 1.165) is 42.9 Å². The molecular formula is C14H17N5O2. The van der Waals surface area contributed by atoms with Crippen LogP contribution in [0.2, 0.25) is 0 Å². The van der Waals surface area contributed by atoms with Gasteiger partial charge in [-0.05, 0) is 35.4 Å². The molecule has 0 saturated heterocycles. The van der Waals surface area contributed by atoms with Crippen molar-refractivity contribution in [3.05, 3.63) is 24.0 Å². The number of benzene rings is 1. The molecule has 0 radical (unpaired) electrons. The lowest BCUT2D eigenvalue weighted by molar-refractivity contribution is 0.174. The average molecular weight is 287 g/mol. The summed E-state index contributed by atoms with van der Waals surface area (Å²) in [6.45, 7) is 0.252. The molecule has 1 aliphatic carbocycles. The summed E-state index contributed by atoms with van der Waals surface area (Å²) in [6, 6.07) is 5.67. The van der Waals surface area contributed by atoms with Crippen molar-refractivity contribution in [2.75, 3.05) is 6.79 Å². The second-order valence-electron chi connectivity index (χ2n) is 5.67. The van der Waals surface area contributed by atoms with Crippen LogP contribution in [0, 0.1) is 0 Å². The van der Waals surface area contributed by atoms with Crippen molar-refractivity contribution >= 4 is 0 Å². The Morgan fingerprint density at radius 2 is 1.90 bits per heavy atom. The molecule has 0 unspecified atom stereocenters. The summed E-state index contributed by atoms with van der Waals surface area (Å²) in [5, 5.41) is 12.1. The smallest absolute Gasteiger partial charge is 0.231 e. The van der Waals surface area contributed by atoms with Crippen LogP contribution < -0.4 is 15.2 Å². The normalized spacial score (nSPS) is 19.7. The number of nitrogens with two attached hydrogens (primary N) is 1. The Morgan fingerprint density at radius 3 is 2.76 bits per heavy atom. The maximum atomic E-state index is 6.56. The Morgan fingerprint density at radius 1 is 1.10 bits per heavy atom. The number of rotatable bonds is 2. The molecule has 7 heteroatoms. The summed E-state index contributed by atoms with van der Waals surface area (Å²) in [5.74, 6) is 2.18. The molecule has 2 aliphatic rings. The Balaban J connectivity index is 1.75. The predicted molar refractivity (Wildman–Crippen MR) is 74.2 cm³/mol. The molecule has 1 aromatic carbocycles. The number of hydrogen-bond donors (Lipinski definition) is 1. The van der Waals surface area contributed by atoms with E-state index in [4.69, 9.17) is 15.2 Å². The van der Waals surface area contributed by atoms with Gasteiger partial charge >= 0.3 is 0 Å². The van der Waals surface area contributed by atoms with Crippen molar-refractivity contribution in [3.63, 3.8) is 0 Å². The zero-order valence-corrected chi connectivity index (χ0v) is 11.7. The molecule has 110 valence electrons. The third-order valence-corrected chi connectivity index (χ3v) is 4.26. The molecule has 2 aromatic rings. The summed E-state index contributed by atoms with van der Waals surface area (Å²) in [4.78, 5) is 0. The van der Waals surface area contributed by atoms with Gasteiger partial charge in [0.1, 0.15) is 0 Å². The van der Waals surface area contributed by atoms with E-state index in [1.807, 2.05) is 18.2 Å². The van der Waals surface area contributed by atoms with Crippen molar-refractivity contribution in [2.45, 2.75) is 37.6 Å². The minimum absolute atomic E-state index is 0.252. The lowest BCUT2D eigenvalue weighted by atomic mass is 9.82. The zero-order chi connectivity index (χ0) is 14.3. The van der Waals surface area contributed by atoms with Gasteiger partial charge in [-0.15, -0.1) is 5.10 Å². The minimum atomic E-state index is -0.446. The first kappa shape index (κ1) is 12.6. The highest BCUT2D eigenvalue weighted by Crippen LogP contribution is 2.36. The number of aromatic nitrogens is 4. The lowest BCUT2D eigenvalue weighted by Gasteiger charge is -2.31. The van der Waals surface area contributed by atoms with E-state index < -0.39 is 5.54 Å². The van der Waals surface area contributed by atoms with E-state index in [1.165, 1.54) is 6.42 Å². The summed E-state index contributed by atoms with van der Waals surface area (Å²) in [5.41, 5.74) is 6.95. The number of hydrogen-bond acceptors (Lipinski definition) is 6. The largest absolute Gasteiger partial charge is 0.454 e. The Bertz CT molecular complexity index is 663. The molecule has 1 saturated carbocycles. The average Bonchev–Trinajstić information content (AvgIpc) is 3.16. The van der Waals surface area contributed by atoms with Gasteiger partial charge in [0.2, 0.25) is 6.79 Å². The molecule has 7 nitrogen and oxygen atoms in total. The van der Waals surface area contributed by atoms with Crippen LogP contribution in [0.4, 0.5) is 0 Å². The van der Waals surface area contributed by atoms with Crippen molar-refractivity contribution < 1.29 is 9.47 Å². The molecule has 1 aromatic heterocycles. The van der Waals surface area contributed by atoms with E-state index in [9.17, 15) is 0 Å². The van der Waals surface area contributed by atoms with Gasteiger partial charge in [0.15, 0.2) is 17.3 Å². The molecule has 21 heavy (non-hydrogen) atoms. The predicted octanol–water partition coefficient (Wildman–Crippen LogP) is 1.51. The summed E-state index contributed by atoms with van der Waals surface area (Å²) in [7, 11) is 0. The summed E-state index contributed by atoms with van der Waals surface area (Å²) < 4.78 is 12.5. The molecule has 2 heterocycles. The maximum Gasteiger partial charge on any atom is 0.231 e. The van der Waals surface area contributed by atoms with Gasteiger partial charge < -0.3 is 15.2 Å². The first-order chi connectivity index (χ1) is 10.3. The van der Waals surface area contributed by atoms with E-state index in [0.29, 0.717) is 5.75 Å². The van der Waals surface area contributed by atoms with E-state index >= 15 is 0 Å². The highest BCUT2D eigenvalue weighted by molar-refractivity contribution is 5.50. The van der Waals surface area contributed by atoms with E-state index in [-0.39, 0.29) is 6.79 Å². The van der Waals surface area contributed by atoms with Gasteiger partial charge in [-0.3, -0.25) is 0 Å². The van der Waals surface area contributed by atoms with Crippen molar-refractivity contribution in [1.29, 1.82) is 0 Å². The first-order valence-corrected chi connectivity index (χ1v) is 7.24. The molecule has 0 amide bonds. The second-order valence-corrected chi connectivity index (χ2v) is 5.67. The van der Waals surface area contributed by atoms with Gasteiger partial charge in [0, 0.05) is 6.07 Å². The van der Waals surface area contributed by atoms with Crippen LogP contribution in [-0.2, 0) is 5.54 Å². The number of tetrazole rings is 1. The van der Waals surface area contributed by atoms with Gasteiger partial charge in [-0.1, -0.05) is 19.3 Å². The maximum absolute atomic E-state index is 6.56. The van der Waals surface area contributed by atoms with Crippen LogP contribution >= 0.6 is 0 Å². The van der Waals surface area contributed by atoms with Crippen LogP contribution in [0.25, 0.3) is 5.69 Å². The Kier molecular flexibility index (Phi) is 2.81. The second kappa shape index (κ2) is 4.70. The number of ether oxygens (including phenoxy) is 2. The fourth-order valence-corrected chi connectivity index (χ4v) is 3.09. The van der Waals surface area contributed by atoms with Crippen LogP contribution in [0.5, 0.6) is 11.5 Å². The third-order valence-electron chi connectivity index (χ3n) is 4.26. The monoisotopic (exact) mass is 287 g/mol. The summed E-state index contributed by atoms with van der Waals surface area (Å²) >= 11 is 0. The van der Waals surface area contributed by atoms with Gasteiger partial charge in [0.25, 0.3) is 0 Å². The topological polar surface area (TPSA) is 88.1 Å². The Hall–Kier alpha value is -2.15. The van der Waals surface area contributed by atoms with Gasteiger partial charge in [0.05, 0.1) is 11.2 Å². The van der Waals surface area contributed by atoms with Crippen LogP contribution in [-0.4, -0.2) is 27.0 Å². The number of nitrogens with zero attached hydrogens (tertiary/aromatic N) is 4. The SMILES string of the molecule is NC1(c2nnnn2-c2ccc3c(c2)OCO3)CCCCC1. The molecule has 0 atom stereocenters. The molecule has 2 N–H and O–H groups in total. The van der Waals surface area contributed by atoms with Crippen LogP contribution in [0.1, 0.15) is 37.9 Å². The highest BCUT2D eigenvalue weighted by atomic mass is 16.7. The van der Waals surface area contributed by atoms with Gasteiger partial charge in [-0.25, -0.2) is 0 Å². The van der Waals surface area contributed by atoms with E-state index in [2.05, 4.69) is 15.5 Å². The van der Waals surface area contributed by atoms with E-state index in [1.54, 1.807) is 4.68 Å². The molecule has 0 spiro atoms. The summed E-state index contributed by atoms with van der Waals surface area (Å²) in [6.07, 6.45) is 5.29. The molecule has 4 rings (SSSR count). The van der Waals surface area contributed by atoms with Crippen molar-refractivity contribution in [1.82, 2.24) is 20.2 Å². The molecule has 0 bridgehead atoms. The van der Waals surface area contributed by atoms with Crippen molar-refractivity contribution in [3.8, 4) is 17.2 Å². The zero-order valence-electron chi connectivity index (χ0n) is 11.7. The lowest BCUT2D eigenvalue weighted by Crippen LogP contribution is -2.41. The quantitative estimate of drug-likeness (QED) is 0.900. The van der Waals surface area contributed by atoms with Crippen molar-refractivity contribution in [2.24, 2.45) is 5.73 Å². The van der Waals surface area contributed by atoms with Crippen LogP contribution in [0.3, 0.4) is 0 Å². The molecule has 1 aliphatic heterocycles. The first-order valence-electron chi connectivity index (χ1n) is 7.24.